The first kappa shape index (κ1) is 13.1. The molecule has 96 valence electrons. The Morgan fingerprint density at radius 1 is 1.44 bits per heavy atom. The van der Waals surface area contributed by atoms with Crippen molar-refractivity contribution in [3.63, 3.8) is 0 Å². The number of benzene rings is 1. The minimum atomic E-state index is -0.530. The first-order valence-electron chi connectivity index (χ1n) is 5.60. The number of pyridine rings is 1. The van der Waals surface area contributed by atoms with Gasteiger partial charge in [-0.05, 0) is 30.7 Å². The van der Waals surface area contributed by atoms with Gasteiger partial charge in [-0.3, -0.25) is 4.79 Å². The number of nitrogens with one attached hydrogen (secondary N) is 1. The van der Waals surface area contributed by atoms with Crippen LogP contribution in [0.1, 0.15) is 5.56 Å². The van der Waals surface area contributed by atoms with Gasteiger partial charge in [-0.2, -0.15) is 0 Å². The average molecular weight is 312 g/mol. The Morgan fingerprint density at radius 2 is 2.22 bits per heavy atom. The molecule has 2 aromatic rings. The fourth-order valence-corrected chi connectivity index (χ4v) is 1.92. The van der Waals surface area contributed by atoms with E-state index in [0.717, 1.165) is 16.5 Å². The molecule has 4 nitrogen and oxygen atoms in total. The lowest BCUT2D eigenvalue weighted by atomic mass is 10.1. The summed E-state index contributed by atoms with van der Waals surface area (Å²) in [7, 11) is 0. The molecule has 1 atom stereocenters. The highest BCUT2D eigenvalue weighted by molar-refractivity contribution is 9.09. The van der Waals surface area contributed by atoms with E-state index in [0.29, 0.717) is 11.1 Å². The van der Waals surface area contributed by atoms with Crippen LogP contribution in [-0.4, -0.2) is 28.1 Å². The van der Waals surface area contributed by atoms with Gasteiger partial charge < -0.3 is 14.8 Å². The van der Waals surface area contributed by atoms with E-state index in [1.54, 1.807) is 18.2 Å². The third kappa shape index (κ3) is 2.91. The molecule has 1 aromatic carbocycles. The average Bonchev–Trinajstić information content (AvgIpc) is 2.36. The molecule has 0 spiro atoms. The molecule has 0 radical (unpaired) electrons. The van der Waals surface area contributed by atoms with Crippen molar-refractivity contribution in [3.05, 3.63) is 40.2 Å². The number of aliphatic hydroxyl groups excluding tert-OH is 1. The molecule has 2 rings (SSSR count). The predicted molar refractivity (Wildman–Crippen MR) is 74.6 cm³/mol. The normalized spacial score (nSPS) is 12.6. The molecule has 0 saturated heterocycles. The third-order valence-electron chi connectivity index (χ3n) is 2.64. The Morgan fingerprint density at radius 3 is 2.94 bits per heavy atom. The number of H-pyrrole nitrogens is 1. The van der Waals surface area contributed by atoms with E-state index >= 15 is 0 Å². The number of aryl methyl sites for hydroxylation is 1. The van der Waals surface area contributed by atoms with Crippen LogP contribution >= 0.6 is 15.9 Å². The molecular weight excluding hydrogens is 298 g/mol. The molecule has 5 heteroatoms. The van der Waals surface area contributed by atoms with Crippen LogP contribution in [0, 0.1) is 6.92 Å². The zero-order chi connectivity index (χ0) is 13.1. The van der Waals surface area contributed by atoms with Crippen molar-refractivity contribution >= 4 is 26.8 Å². The van der Waals surface area contributed by atoms with Gasteiger partial charge in [0.15, 0.2) is 0 Å². The molecule has 0 aliphatic heterocycles. The SMILES string of the molecule is Cc1cc(=O)[nH]c2ccc(OCC(O)CBr)cc12. The number of hydrogen-bond donors (Lipinski definition) is 2. The Kier molecular flexibility index (Phi) is 4.04. The molecule has 0 aliphatic rings. The summed E-state index contributed by atoms with van der Waals surface area (Å²) in [5.41, 5.74) is 1.58. The maximum Gasteiger partial charge on any atom is 0.248 e. The largest absolute Gasteiger partial charge is 0.491 e. The van der Waals surface area contributed by atoms with E-state index < -0.39 is 6.10 Å². The fourth-order valence-electron chi connectivity index (χ4n) is 1.73. The highest BCUT2D eigenvalue weighted by atomic mass is 79.9. The fraction of sp³-hybridized carbons (Fsp3) is 0.308. The third-order valence-corrected chi connectivity index (χ3v) is 3.39. The Balaban J connectivity index is 2.30. The lowest BCUT2D eigenvalue weighted by Crippen LogP contribution is -2.18. The van der Waals surface area contributed by atoms with Crippen molar-refractivity contribution in [3.8, 4) is 5.75 Å². The maximum atomic E-state index is 11.3. The van der Waals surface area contributed by atoms with Gasteiger partial charge in [0, 0.05) is 22.3 Å². The zero-order valence-electron chi connectivity index (χ0n) is 9.94. The molecule has 18 heavy (non-hydrogen) atoms. The highest BCUT2D eigenvalue weighted by Crippen LogP contribution is 2.21. The van der Waals surface area contributed by atoms with Crippen LogP contribution in [0.2, 0.25) is 0 Å². The van der Waals surface area contributed by atoms with Gasteiger partial charge in [-0.1, -0.05) is 15.9 Å². The van der Waals surface area contributed by atoms with Crippen molar-refractivity contribution in [1.29, 1.82) is 0 Å². The van der Waals surface area contributed by atoms with Crippen LogP contribution in [0.3, 0.4) is 0 Å². The first-order chi connectivity index (χ1) is 8.60. The molecule has 2 N–H and O–H groups in total. The number of rotatable bonds is 4. The topological polar surface area (TPSA) is 62.3 Å². The number of aliphatic hydroxyl groups is 1. The highest BCUT2D eigenvalue weighted by Gasteiger charge is 2.05. The van der Waals surface area contributed by atoms with E-state index in [-0.39, 0.29) is 12.2 Å². The van der Waals surface area contributed by atoms with Crippen LogP contribution in [-0.2, 0) is 0 Å². The van der Waals surface area contributed by atoms with Gasteiger partial charge in [0.1, 0.15) is 12.4 Å². The second-order valence-corrected chi connectivity index (χ2v) is 4.79. The van der Waals surface area contributed by atoms with Crippen molar-refractivity contribution < 1.29 is 9.84 Å². The monoisotopic (exact) mass is 311 g/mol. The second-order valence-electron chi connectivity index (χ2n) is 4.14. The lowest BCUT2D eigenvalue weighted by Gasteiger charge is -2.10. The van der Waals surface area contributed by atoms with E-state index in [1.165, 1.54) is 0 Å². The molecule has 0 aliphatic carbocycles. The van der Waals surface area contributed by atoms with Gasteiger partial charge >= 0.3 is 0 Å². The molecule has 1 unspecified atom stereocenters. The first-order valence-corrected chi connectivity index (χ1v) is 6.73. The summed E-state index contributed by atoms with van der Waals surface area (Å²) in [6, 6.07) is 7.00. The van der Waals surface area contributed by atoms with Gasteiger partial charge in [0.05, 0.1) is 6.10 Å². The number of ether oxygens (including phenoxy) is 1. The van der Waals surface area contributed by atoms with E-state index in [9.17, 15) is 9.90 Å². The van der Waals surface area contributed by atoms with Gasteiger partial charge in [0.25, 0.3) is 0 Å². The molecular formula is C13H14BrNO3. The summed E-state index contributed by atoms with van der Waals surface area (Å²) in [6.07, 6.45) is -0.530. The summed E-state index contributed by atoms with van der Waals surface area (Å²) in [5.74, 6) is 0.678. The molecule has 1 heterocycles. The van der Waals surface area contributed by atoms with Crippen LogP contribution in [0.15, 0.2) is 29.1 Å². The minimum absolute atomic E-state index is 0.108. The number of aromatic amines is 1. The Hall–Kier alpha value is -1.33. The standard InChI is InChI=1S/C13H14BrNO3/c1-8-4-13(17)15-12-3-2-10(5-11(8)12)18-7-9(16)6-14/h2-5,9,16H,6-7H2,1H3,(H,15,17). The zero-order valence-corrected chi connectivity index (χ0v) is 11.5. The van der Waals surface area contributed by atoms with Crippen molar-refractivity contribution in [2.45, 2.75) is 13.0 Å². The van der Waals surface area contributed by atoms with Crippen LogP contribution in [0.4, 0.5) is 0 Å². The smallest absolute Gasteiger partial charge is 0.248 e. The minimum Gasteiger partial charge on any atom is -0.491 e. The second kappa shape index (κ2) is 5.54. The number of hydrogen-bond acceptors (Lipinski definition) is 3. The number of aromatic nitrogens is 1. The van der Waals surface area contributed by atoms with E-state index in [1.807, 2.05) is 13.0 Å². The maximum absolute atomic E-state index is 11.3. The van der Waals surface area contributed by atoms with Gasteiger partial charge in [-0.15, -0.1) is 0 Å². The van der Waals surface area contributed by atoms with Crippen LogP contribution in [0.5, 0.6) is 5.75 Å². The Labute approximate surface area is 113 Å². The summed E-state index contributed by atoms with van der Waals surface area (Å²) in [4.78, 5) is 14.1. The van der Waals surface area contributed by atoms with Crippen molar-refractivity contribution in [2.75, 3.05) is 11.9 Å². The Bertz CT molecular complexity index is 609. The molecule has 0 bridgehead atoms. The predicted octanol–water partition coefficient (Wildman–Crippen LogP) is 1.97. The summed E-state index contributed by atoms with van der Waals surface area (Å²) in [6.45, 7) is 2.12. The lowest BCUT2D eigenvalue weighted by molar-refractivity contribution is 0.127. The summed E-state index contributed by atoms with van der Waals surface area (Å²) >= 11 is 3.18. The van der Waals surface area contributed by atoms with Crippen molar-refractivity contribution in [1.82, 2.24) is 4.98 Å². The van der Waals surface area contributed by atoms with E-state index in [4.69, 9.17) is 4.74 Å². The van der Waals surface area contributed by atoms with Crippen molar-refractivity contribution in [2.24, 2.45) is 0 Å². The van der Waals surface area contributed by atoms with Crippen LogP contribution < -0.4 is 10.3 Å². The number of alkyl halides is 1. The molecule has 0 fully saturated rings. The molecule has 0 amide bonds. The van der Waals surface area contributed by atoms with E-state index in [2.05, 4.69) is 20.9 Å². The van der Waals surface area contributed by atoms with Gasteiger partial charge in [-0.25, -0.2) is 0 Å². The quantitative estimate of drug-likeness (QED) is 0.849. The van der Waals surface area contributed by atoms with Gasteiger partial charge in [0.2, 0.25) is 5.56 Å². The molecule has 0 saturated carbocycles. The summed E-state index contributed by atoms with van der Waals surface area (Å²) in [5, 5.41) is 10.8. The van der Waals surface area contributed by atoms with Crippen LogP contribution in [0.25, 0.3) is 10.9 Å². The summed E-state index contributed by atoms with van der Waals surface area (Å²) < 4.78 is 5.48. The molecule has 1 aromatic heterocycles. The number of fused-ring (bicyclic) bond motifs is 1. The number of halogens is 1.